The van der Waals surface area contributed by atoms with Crippen LogP contribution in [0.1, 0.15) is 25.0 Å². The zero-order valence-corrected chi connectivity index (χ0v) is 15.4. The lowest BCUT2D eigenvalue weighted by Crippen LogP contribution is -2.27. The van der Waals surface area contributed by atoms with Gasteiger partial charge in [0.2, 0.25) is 5.91 Å². The van der Waals surface area contributed by atoms with Crippen molar-refractivity contribution in [3.63, 3.8) is 0 Å². The highest BCUT2D eigenvalue weighted by atomic mass is 16.5. The zero-order valence-electron chi connectivity index (χ0n) is 15.4. The average molecular weight is 362 g/mol. The quantitative estimate of drug-likeness (QED) is 0.568. The molecule has 1 atom stereocenters. The molecular weight excluding hydrogens is 340 g/mol. The van der Waals surface area contributed by atoms with Crippen molar-refractivity contribution >= 4 is 23.5 Å². The number of hydrogen-bond donors (Lipinski definition) is 1. The summed E-state index contributed by atoms with van der Waals surface area (Å²) in [7, 11) is 0. The van der Waals surface area contributed by atoms with Gasteiger partial charge in [0.05, 0.1) is 12.7 Å². The minimum atomic E-state index is -1.39. The molecule has 138 valence electrons. The molecule has 0 aliphatic carbocycles. The highest BCUT2D eigenvalue weighted by Crippen LogP contribution is 2.15. The normalized spacial score (nSPS) is 11.6. The number of rotatable bonds is 8. The molecule has 0 fully saturated rings. The van der Waals surface area contributed by atoms with E-state index in [-0.39, 0.29) is 0 Å². The lowest BCUT2D eigenvalue weighted by molar-refractivity contribution is -0.126. The summed E-state index contributed by atoms with van der Waals surface area (Å²) < 4.78 is 5.36. The first kappa shape index (κ1) is 19.9. The van der Waals surface area contributed by atoms with Crippen molar-refractivity contribution in [2.45, 2.75) is 20.3 Å². The van der Waals surface area contributed by atoms with Crippen LogP contribution >= 0.6 is 0 Å². The number of carbonyl (C=O) groups is 2. The molecule has 0 radical (unpaired) electrons. The van der Waals surface area contributed by atoms with Crippen LogP contribution in [0, 0.1) is 17.2 Å². The number of nitrogens with zero attached hydrogens (tertiary/aromatic N) is 1. The maximum Gasteiger partial charge on any atom is 0.249 e. The molecule has 0 spiro atoms. The molecule has 1 N–H and O–H groups in total. The monoisotopic (exact) mass is 362 g/mol. The SMILES string of the molecule is CCOc1ccc(/C=C/C(=O)C(C#N)C(=O)Nc2ccc(CC)cc2)cc1. The Bertz CT molecular complexity index is 847. The molecule has 1 unspecified atom stereocenters. The van der Waals surface area contributed by atoms with Gasteiger partial charge in [0.15, 0.2) is 11.7 Å². The first-order chi connectivity index (χ1) is 13.1. The van der Waals surface area contributed by atoms with Gasteiger partial charge < -0.3 is 10.1 Å². The molecule has 0 aromatic heterocycles. The lowest BCUT2D eigenvalue weighted by atomic mass is 10.0. The summed E-state index contributed by atoms with van der Waals surface area (Å²) in [6, 6.07) is 16.3. The maximum absolute atomic E-state index is 12.3. The van der Waals surface area contributed by atoms with Crippen LogP contribution in [0.3, 0.4) is 0 Å². The van der Waals surface area contributed by atoms with Crippen LogP contribution < -0.4 is 10.1 Å². The number of amides is 1. The van der Waals surface area contributed by atoms with Crippen LogP contribution in [0.2, 0.25) is 0 Å². The van der Waals surface area contributed by atoms with Crippen LogP contribution in [-0.4, -0.2) is 18.3 Å². The Morgan fingerprint density at radius 3 is 2.33 bits per heavy atom. The molecule has 5 nitrogen and oxygen atoms in total. The Morgan fingerprint density at radius 1 is 1.11 bits per heavy atom. The van der Waals surface area contributed by atoms with Crippen LogP contribution in [-0.2, 0) is 16.0 Å². The predicted octanol–water partition coefficient (Wildman–Crippen LogP) is 4.01. The lowest BCUT2D eigenvalue weighted by Gasteiger charge is -2.08. The van der Waals surface area contributed by atoms with Gasteiger partial charge in [-0.15, -0.1) is 0 Å². The number of benzene rings is 2. The molecule has 0 bridgehead atoms. The van der Waals surface area contributed by atoms with Crippen LogP contribution in [0.25, 0.3) is 6.08 Å². The van der Waals surface area contributed by atoms with Crippen molar-refractivity contribution in [3.05, 3.63) is 65.7 Å². The van der Waals surface area contributed by atoms with E-state index >= 15 is 0 Å². The van der Waals surface area contributed by atoms with Crippen molar-refractivity contribution < 1.29 is 14.3 Å². The minimum Gasteiger partial charge on any atom is -0.494 e. The van der Waals surface area contributed by atoms with Crippen molar-refractivity contribution in [2.75, 3.05) is 11.9 Å². The molecule has 2 aromatic rings. The largest absolute Gasteiger partial charge is 0.494 e. The molecule has 2 aromatic carbocycles. The van der Waals surface area contributed by atoms with Gasteiger partial charge >= 0.3 is 0 Å². The number of carbonyl (C=O) groups excluding carboxylic acids is 2. The fourth-order valence-corrected chi connectivity index (χ4v) is 2.41. The van der Waals surface area contributed by atoms with Gasteiger partial charge in [-0.3, -0.25) is 9.59 Å². The maximum atomic E-state index is 12.3. The first-order valence-electron chi connectivity index (χ1n) is 8.81. The van der Waals surface area contributed by atoms with Crippen molar-refractivity contribution in [1.29, 1.82) is 5.26 Å². The molecule has 0 aliphatic rings. The number of anilines is 1. The third-order valence-corrected chi connectivity index (χ3v) is 3.94. The Balaban J connectivity index is 2.01. The smallest absolute Gasteiger partial charge is 0.249 e. The van der Waals surface area contributed by atoms with Gasteiger partial charge in [-0.25, -0.2) is 0 Å². The van der Waals surface area contributed by atoms with Crippen molar-refractivity contribution in [3.8, 4) is 11.8 Å². The second kappa shape index (κ2) is 9.93. The second-order valence-corrected chi connectivity index (χ2v) is 5.84. The van der Waals surface area contributed by atoms with Gasteiger partial charge in [0.25, 0.3) is 0 Å². The van der Waals surface area contributed by atoms with E-state index in [0.29, 0.717) is 12.3 Å². The molecular formula is C22H22N2O3. The van der Waals surface area contributed by atoms with Gasteiger partial charge in [0, 0.05) is 5.69 Å². The molecule has 5 heteroatoms. The molecule has 0 saturated carbocycles. The Kier molecular flexibility index (Phi) is 7.33. The Hall–Kier alpha value is -3.39. The van der Waals surface area contributed by atoms with Crippen LogP contribution in [0.5, 0.6) is 5.75 Å². The van der Waals surface area contributed by atoms with E-state index in [9.17, 15) is 14.9 Å². The Morgan fingerprint density at radius 2 is 1.78 bits per heavy atom. The van der Waals surface area contributed by atoms with E-state index in [1.54, 1.807) is 48.5 Å². The third kappa shape index (κ3) is 5.82. The number of ketones is 1. The number of aryl methyl sites for hydroxylation is 1. The summed E-state index contributed by atoms with van der Waals surface area (Å²) in [5, 5.41) is 11.8. The topological polar surface area (TPSA) is 79.2 Å². The molecule has 0 saturated heterocycles. The molecule has 1 amide bonds. The fourth-order valence-electron chi connectivity index (χ4n) is 2.41. The second-order valence-electron chi connectivity index (χ2n) is 5.84. The number of ether oxygens (including phenoxy) is 1. The molecule has 0 heterocycles. The van der Waals surface area contributed by atoms with Crippen molar-refractivity contribution in [2.24, 2.45) is 5.92 Å². The number of allylic oxidation sites excluding steroid dienone is 1. The van der Waals surface area contributed by atoms with Crippen molar-refractivity contribution in [1.82, 2.24) is 0 Å². The van der Waals surface area contributed by atoms with Gasteiger partial charge in [-0.1, -0.05) is 37.3 Å². The summed E-state index contributed by atoms with van der Waals surface area (Å²) >= 11 is 0. The van der Waals surface area contributed by atoms with E-state index in [2.05, 4.69) is 5.32 Å². The average Bonchev–Trinajstić information content (AvgIpc) is 2.69. The highest BCUT2D eigenvalue weighted by molar-refractivity contribution is 6.14. The number of hydrogen-bond acceptors (Lipinski definition) is 4. The standard InChI is InChI=1S/C22H22N2O3/c1-3-16-5-10-18(11-6-16)24-22(26)20(15-23)21(25)14-9-17-7-12-19(13-8-17)27-4-2/h5-14,20H,3-4H2,1-2H3,(H,24,26)/b14-9+. The van der Waals surface area contributed by atoms with Gasteiger partial charge in [0.1, 0.15) is 5.75 Å². The molecule has 2 rings (SSSR count). The third-order valence-electron chi connectivity index (χ3n) is 3.94. The van der Waals surface area contributed by atoms with E-state index in [1.807, 2.05) is 26.0 Å². The Labute approximate surface area is 159 Å². The molecule has 0 aliphatic heterocycles. The van der Waals surface area contributed by atoms with Gasteiger partial charge in [-0.05, 0) is 54.8 Å². The van der Waals surface area contributed by atoms with Crippen LogP contribution in [0.4, 0.5) is 5.69 Å². The van der Waals surface area contributed by atoms with E-state index < -0.39 is 17.6 Å². The van der Waals surface area contributed by atoms with Crippen LogP contribution in [0.15, 0.2) is 54.6 Å². The van der Waals surface area contributed by atoms with Gasteiger partial charge in [-0.2, -0.15) is 5.26 Å². The summed E-state index contributed by atoms with van der Waals surface area (Å²) in [6.45, 7) is 4.51. The minimum absolute atomic E-state index is 0.556. The molecule has 27 heavy (non-hydrogen) atoms. The zero-order chi connectivity index (χ0) is 19.6. The summed E-state index contributed by atoms with van der Waals surface area (Å²) in [6.07, 6.45) is 3.72. The first-order valence-corrected chi connectivity index (χ1v) is 8.81. The summed E-state index contributed by atoms with van der Waals surface area (Å²) in [5.41, 5.74) is 2.47. The van der Waals surface area contributed by atoms with E-state index in [1.165, 1.54) is 6.08 Å². The van der Waals surface area contributed by atoms with E-state index in [0.717, 1.165) is 23.3 Å². The highest BCUT2D eigenvalue weighted by Gasteiger charge is 2.24. The number of nitrogens with one attached hydrogen (secondary N) is 1. The predicted molar refractivity (Wildman–Crippen MR) is 105 cm³/mol. The number of nitriles is 1. The summed E-state index contributed by atoms with van der Waals surface area (Å²) in [5.74, 6) is -1.85. The van der Waals surface area contributed by atoms with E-state index in [4.69, 9.17) is 4.74 Å². The fraction of sp³-hybridized carbons (Fsp3) is 0.227. The summed E-state index contributed by atoms with van der Waals surface area (Å²) in [4.78, 5) is 24.5.